The van der Waals surface area contributed by atoms with Crippen molar-refractivity contribution >= 4 is 23.6 Å². The first-order chi connectivity index (χ1) is 7.25. The van der Waals surface area contributed by atoms with Gasteiger partial charge in [0.1, 0.15) is 0 Å². The second-order valence-corrected chi connectivity index (χ2v) is 4.59. The van der Waals surface area contributed by atoms with E-state index in [0.29, 0.717) is 6.42 Å². The number of carbonyl (C=O) groups is 2. The van der Waals surface area contributed by atoms with Crippen molar-refractivity contribution < 1.29 is 9.59 Å². The number of hydrogen-bond donors (Lipinski definition) is 1. The molecule has 1 atom stereocenters. The molecule has 0 aromatic heterocycles. The van der Waals surface area contributed by atoms with E-state index in [-0.39, 0.29) is 17.1 Å². The van der Waals surface area contributed by atoms with Gasteiger partial charge in [-0.2, -0.15) is 0 Å². The third-order valence-electron chi connectivity index (χ3n) is 2.22. The summed E-state index contributed by atoms with van der Waals surface area (Å²) < 4.78 is 0. The van der Waals surface area contributed by atoms with E-state index < -0.39 is 0 Å². The van der Waals surface area contributed by atoms with Gasteiger partial charge in [0.05, 0.1) is 5.25 Å². The highest BCUT2D eigenvalue weighted by Crippen LogP contribution is 2.23. The molecule has 2 amide bonds. The van der Waals surface area contributed by atoms with Gasteiger partial charge in [-0.15, -0.1) is 11.8 Å². The largest absolute Gasteiger partial charge is 0.295 e. The fraction of sp³-hybridized carbons (Fsp3) is 0.273. The van der Waals surface area contributed by atoms with E-state index in [2.05, 4.69) is 5.32 Å². The van der Waals surface area contributed by atoms with Gasteiger partial charge in [0.25, 0.3) is 0 Å². The Bertz CT molecular complexity index is 377. The van der Waals surface area contributed by atoms with Gasteiger partial charge < -0.3 is 0 Å². The van der Waals surface area contributed by atoms with Gasteiger partial charge in [-0.1, -0.05) is 30.3 Å². The highest BCUT2D eigenvalue weighted by atomic mass is 32.2. The fourth-order valence-corrected chi connectivity index (χ4v) is 2.50. The Balaban J connectivity index is 1.89. The molecule has 1 saturated heterocycles. The number of nitrogens with one attached hydrogen (secondary N) is 1. The van der Waals surface area contributed by atoms with Crippen LogP contribution in [0.2, 0.25) is 0 Å². The minimum Gasteiger partial charge on any atom is -0.295 e. The molecule has 3 nitrogen and oxygen atoms in total. The van der Waals surface area contributed by atoms with Crippen LogP contribution in [0.3, 0.4) is 0 Å². The van der Waals surface area contributed by atoms with E-state index in [4.69, 9.17) is 0 Å². The quantitative estimate of drug-likeness (QED) is 0.783. The Morgan fingerprint density at radius 2 is 2.00 bits per heavy atom. The normalized spacial score (nSPS) is 20.4. The summed E-state index contributed by atoms with van der Waals surface area (Å²) in [7, 11) is 0. The Kier molecular flexibility index (Phi) is 3.06. The van der Waals surface area contributed by atoms with Crippen LogP contribution in [0.15, 0.2) is 30.3 Å². The average Bonchev–Trinajstić information content (AvgIpc) is 2.56. The molecular formula is C11H11NO2S. The smallest absolute Gasteiger partial charge is 0.240 e. The van der Waals surface area contributed by atoms with Crippen molar-refractivity contribution in [3.05, 3.63) is 35.9 Å². The maximum absolute atomic E-state index is 11.3. The SMILES string of the molecule is O=C1CC(SCc2ccccc2)C(=O)N1. The molecule has 1 heterocycles. The lowest BCUT2D eigenvalue weighted by Gasteiger charge is -2.05. The summed E-state index contributed by atoms with van der Waals surface area (Å²) in [6.07, 6.45) is 0.316. The van der Waals surface area contributed by atoms with E-state index in [1.807, 2.05) is 30.3 Å². The summed E-state index contributed by atoms with van der Waals surface area (Å²) in [4.78, 5) is 22.2. The molecule has 1 fully saturated rings. The lowest BCUT2D eigenvalue weighted by molar-refractivity contribution is -0.124. The molecule has 1 aromatic carbocycles. The van der Waals surface area contributed by atoms with E-state index in [0.717, 1.165) is 5.75 Å². The number of thioether (sulfide) groups is 1. The van der Waals surface area contributed by atoms with Gasteiger partial charge in [-0.25, -0.2) is 0 Å². The zero-order valence-corrected chi connectivity index (χ0v) is 8.92. The summed E-state index contributed by atoms with van der Waals surface area (Å²) in [5.74, 6) is 0.457. The van der Waals surface area contributed by atoms with Crippen molar-refractivity contribution in [2.75, 3.05) is 0 Å². The third kappa shape index (κ3) is 2.59. The van der Waals surface area contributed by atoms with Gasteiger partial charge in [-0.3, -0.25) is 14.9 Å². The maximum atomic E-state index is 11.3. The van der Waals surface area contributed by atoms with Crippen LogP contribution >= 0.6 is 11.8 Å². The van der Waals surface area contributed by atoms with Crippen molar-refractivity contribution in [3.8, 4) is 0 Å². The first-order valence-corrected chi connectivity index (χ1v) is 5.80. The predicted octanol–water partition coefficient (Wildman–Crippen LogP) is 1.33. The number of rotatable bonds is 3. The first-order valence-electron chi connectivity index (χ1n) is 4.75. The number of amides is 2. The number of hydrogen-bond acceptors (Lipinski definition) is 3. The van der Waals surface area contributed by atoms with Gasteiger partial charge in [-0.05, 0) is 5.56 Å². The average molecular weight is 221 g/mol. The van der Waals surface area contributed by atoms with E-state index in [9.17, 15) is 9.59 Å². The van der Waals surface area contributed by atoms with Gasteiger partial charge in [0.15, 0.2) is 0 Å². The summed E-state index contributed by atoms with van der Waals surface area (Å²) in [5.41, 5.74) is 1.18. The molecule has 1 unspecified atom stereocenters. The van der Waals surface area contributed by atoms with Crippen LogP contribution in [0.1, 0.15) is 12.0 Å². The predicted molar refractivity (Wildman–Crippen MR) is 59.3 cm³/mol. The van der Waals surface area contributed by atoms with E-state index >= 15 is 0 Å². The van der Waals surface area contributed by atoms with Crippen LogP contribution in [-0.4, -0.2) is 17.1 Å². The molecule has 15 heavy (non-hydrogen) atoms. The van der Waals surface area contributed by atoms with Gasteiger partial charge in [0.2, 0.25) is 11.8 Å². The van der Waals surface area contributed by atoms with Crippen molar-refractivity contribution in [1.82, 2.24) is 5.32 Å². The molecule has 2 rings (SSSR count). The van der Waals surface area contributed by atoms with Gasteiger partial charge in [0, 0.05) is 12.2 Å². The van der Waals surface area contributed by atoms with Crippen molar-refractivity contribution in [1.29, 1.82) is 0 Å². The monoisotopic (exact) mass is 221 g/mol. The zero-order chi connectivity index (χ0) is 10.7. The fourth-order valence-electron chi connectivity index (χ4n) is 1.44. The first kappa shape index (κ1) is 10.2. The van der Waals surface area contributed by atoms with Crippen LogP contribution in [0.4, 0.5) is 0 Å². The Morgan fingerprint density at radius 1 is 1.27 bits per heavy atom. The molecule has 0 saturated carbocycles. The second-order valence-electron chi connectivity index (χ2n) is 3.40. The molecule has 0 spiro atoms. The third-order valence-corrected chi connectivity index (χ3v) is 3.50. The van der Waals surface area contributed by atoms with E-state index in [1.165, 1.54) is 17.3 Å². The maximum Gasteiger partial charge on any atom is 0.240 e. The summed E-state index contributed by atoms with van der Waals surface area (Å²) in [6, 6.07) is 9.93. The highest BCUT2D eigenvalue weighted by Gasteiger charge is 2.30. The number of imide groups is 1. The minimum atomic E-state index is -0.210. The number of carbonyl (C=O) groups excluding carboxylic acids is 2. The molecule has 1 aliphatic rings. The van der Waals surface area contributed by atoms with Gasteiger partial charge >= 0.3 is 0 Å². The molecule has 1 N–H and O–H groups in total. The summed E-state index contributed by atoms with van der Waals surface area (Å²) in [6.45, 7) is 0. The molecule has 0 aliphatic carbocycles. The highest BCUT2D eigenvalue weighted by molar-refractivity contribution is 7.99. The van der Waals surface area contributed by atoms with Crippen LogP contribution in [0, 0.1) is 0 Å². The molecule has 0 bridgehead atoms. The standard InChI is InChI=1S/C11H11NO2S/c13-10-6-9(11(14)12-10)15-7-8-4-2-1-3-5-8/h1-5,9H,6-7H2,(H,12,13,14). The zero-order valence-electron chi connectivity index (χ0n) is 8.10. The summed E-state index contributed by atoms with van der Waals surface area (Å²) >= 11 is 1.52. The molecule has 1 aliphatic heterocycles. The second kappa shape index (κ2) is 4.49. The van der Waals surface area contributed by atoms with Crippen LogP contribution in [0.25, 0.3) is 0 Å². The lowest BCUT2D eigenvalue weighted by atomic mass is 10.2. The van der Waals surface area contributed by atoms with Crippen molar-refractivity contribution in [2.45, 2.75) is 17.4 Å². The Labute approximate surface area is 92.2 Å². The van der Waals surface area contributed by atoms with Crippen LogP contribution in [-0.2, 0) is 15.3 Å². The molecule has 4 heteroatoms. The van der Waals surface area contributed by atoms with Crippen molar-refractivity contribution in [3.63, 3.8) is 0 Å². The van der Waals surface area contributed by atoms with Crippen LogP contribution < -0.4 is 5.32 Å². The van der Waals surface area contributed by atoms with Crippen LogP contribution in [0.5, 0.6) is 0 Å². The Morgan fingerprint density at radius 3 is 2.60 bits per heavy atom. The molecule has 0 radical (unpaired) electrons. The minimum absolute atomic E-state index is 0.152. The van der Waals surface area contributed by atoms with E-state index in [1.54, 1.807) is 0 Å². The number of benzene rings is 1. The molecule has 1 aromatic rings. The molecule has 78 valence electrons. The lowest BCUT2D eigenvalue weighted by Crippen LogP contribution is -2.23. The Hall–Kier alpha value is -1.29. The van der Waals surface area contributed by atoms with Crippen molar-refractivity contribution in [2.24, 2.45) is 0 Å². The summed E-state index contributed by atoms with van der Waals surface area (Å²) in [5, 5.41) is 2.09. The topological polar surface area (TPSA) is 46.2 Å². The molecular weight excluding hydrogens is 210 g/mol.